The molecule has 2 aromatic rings. The van der Waals surface area contributed by atoms with Crippen LogP contribution in [-0.4, -0.2) is 33.8 Å². The minimum atomic E-state index is -0.218. The number of aromatic nitrogens is 2. The van der Waals surface area contributed by atoms with Crippen LogP contribution >= 0.6 is 0 Å². The Morgan fingerprint density at radius 1 is 1.41 bits per heavy atom. The molecule has 1 fully saturated rings. The number of rotatable bonds is 6. The van der Waals surface area contributed by atoms with E-state index in [1.165, 1.54) is 0 Å². The van der Waals surface area contributed by atoms with Crippen molar-refractivity contribution in [2.45, 2.75) is 38.1 Å². The zero-order valence-electron chi connectivity index (χ0n) is 12.5. The normalized spacial score (nSPS) is 15.5. The number of amides is 1. The molecule has 6 nitrogen and oxygen atoms in total. The first kappa shape index (κ1) is 14.7. The number of hydrogen-bond donors (Lipinski definition) is 2. The Balaban J connectivity index is 1.70. The number of hydrogen-bond acceptors (Lipinski definition) is 5. The second-order valence-corrected chi connectivity index (χ2v) is 5.57. The Bertz CT molecular complexity index is 643. The summed E-state index contributed by atoms with van der Waals surface area (Å²) < 4.78 is 5.26. The number of carbonyl (C=O) groups is 1. The maximum absolute atomic E-state index is 12.0. The lowest BCUT2D eigenvalue weighted by atomic mass is 10.1. The van der Waals surface area contributed by atoms with E-state index in [0.717, 1.165) is 24.2 Å². The molecule has 0 spiro atoms. The predicted octanol–water partition coefficient (Wildman–Crippen LogP) is 2.11. The van der Waals surface area contributed by atoms with Gasteiger partial charge in [-0.3, -0.25) is 4.79 Å². The first-order chi connectivity index (χ1) is 10.7. The summed E-state index contributed by atoms with van der Waals surface area (Å²) in [4.78, 5) is 16.4. The maximum Gasteiger partial charge on any atom is 0.257 e. The molecule has 1 atom stereocenters. The van der Waals surface area contributed by atoms with Gasteiger partial charge in [0.1, 0.15) is 0 Å². The predicted molar refractivity (Wildman–Crippen MR) is 80.3 cm³/mol. The van der Waals surface area contributed by atoms with Gasteiger partial charge in [0.05, 0.1) is 12.6 Å². The molecule has 6 heteroatoms. The van der Waals surface area contributed by atoms with Gasteiger partial charge in [-0.05, 0) is 43.5 Å². The highest BCUT2D eigenvalue weighted by Crippen LogP contribution is 2.38. The molecule has 0 radical (unpaired) electrons. The lowest BCUT2D eigenvalue weighted by Crippen LogP contribution is -2.36. The summed E-state index contributed by atoms with van der Waals surface area (Å²) in [5, 5.41) is 15.9. The van der Waals surface area contributed by atoms with Crippen LogP contribution in [0.2, 0.25) is 0 Å². The van der Waals surface area contributed by atoms with Gasteiger partial charge in [-0.1, -0.05) is 12.1 Å². The van der Waals surface area contributed by atoms with E-state index in [1.807, 2.05) is 6.92 Å². The van der Waals surface area contributed by atoms with Crippen LogP contribution in [0.4, 0.5) is 0 Å². The molecular formula is C16H19N3O3. The van der Waals surface area contributed by atoms with Crippen molar-refractivity contribution in [1.29, 1.82) is 0 Å². The zero-order chi connectivity index (χ0) is 15.5. The number of aliphatic hydroxyl groups is 1. The summed E-state index contributed by atoms with van der Waals surface area (Å²) >= 11 is 0. The van der Waals surface area contributed by atoms with Crippen molar-refractivity contribution in [3.8, 4) is 11.5 Å². The first-order valence-corrected chi connectivity index (χ1v) is 7.57. The van der Waals surface area contributed by atoms with Crippen LogP contribution < -0.4 is 5.32 Å². The summed E-state index contributed by atoms with van der Waals surface area (Å²) in [5.41, 5.74) is 1.34. The summed E-state index contributed by atoms with van der Waals surface area (Å²) in [6.45, 7) is 1.85. The fraction of sp³-hybridized carbons (Fsp3) is 0.438. The topological polar surface area (TPSA) is 88.2 Å². The minimum Gasteiger partial charge on any atom is -0.394 e. The highest BCUT2D eigenvalue weighted by atomic mass is 16.5. The number of benzene rings is 1. The van der Waals surface area contributed by atoms with Gasteiger partial charge in [0, 0.05) is 17.0 Å². The molecule has 3 rings (SSSR count). The van der Waals surface area contributed by atoms with Crippen LogP contribution in [0, 0.1) is 0 Å². The Kier molecular flexibility index (Phi) is 4.20. The van der Waals surface area contributed by atoms with Crippen molar-refractivity contribution >= 4 is 5.91 Å². The number of carbonyl (C=O) groups excluding carboxylic acids is 1. The minimum absolute atomic E-state index is 0.0632. The highest BCUT2D eigenvalue weighted by molar-refractivity contribution is 5.94. The molecule has 1 amide bonds. The molecule has 0 aliphatic heterocycles. The second kappa shape index (κ2) is 6.27. The SMILES string of the molecule is CCC(CO)NC(=O)c1ccc(-c2nc(C3CC3)no2)cc1. The molecular weight excluding hydrogens is 282 g/mol. The largest absolute Gasteiger partial charge is 0.394 e. The average Bonchev–Trinajstić information content (AvgIpc) is 3.30. The molecule has 22 heavy (non-hydrogen) atoms. The van der Waals surface area contributed by atoms with E-state index in [-0.39, 0.29) is 18.6 Å². The highest BCUT2D eigenvalue weighted by Gasteiger charge is 2.28. The zero-order valence-corrected chi connectivity index (χ0v) is 12.5. The van der Waals surface area contributed by atoms with Crippen LogP contribution in [0.15, 0.2) is 28.8 Å². The molecule has 116 valence electrons. The van der Waals surface area contributed by atoms with Gasteiger partial charge < -0.3 is 14.9 Å². The molecule has 0 bridgehead atoms. The van der Waals surface area contributed by atoms with Crippen LogP contribution in [-0.2, 0) is 0 Å². The van der Waals surface area contributed by atoms with Crippen molar-refractivity contribution in [1.82, 2.24) is 15.5 Å². The Hall–Kier alpha value is -2.21. The third-order valence-corrected chi connectivity index (χ3v) is 3.83. The average molecular weight is 301 g/mol. The van der Waals surface area contributed by atoms with E-state index in [2.05, 4.69) is 15.5 Å². The van der Waals surface area contributed by atoms with E-state index in [1.54, 1.807) is 24.3 Å². The van der Waals surface area contributed by atoms with Crippen molar-refractivity contribution in [3.05, 3.63) is 35.7 Å². The fourth-order valence-electron chi connectivity index (χ4n) is 2.17. The van der Waals surface area contributed by atoms with Gasteiger partial charge in [-0.15, -0.1) is 0 Å². The first-order valence-electron chi connectivity index (χ1n) is 7.57. The molecule has 0 saturated heterocycles. The van der Waals surface area contributed by atoms with Gasteiger partial charge >= 0.3 is 0 Å². The molecule has 1 unspecified atom stereocenters. The molecule has 1 aromatic carbocycles. The van der Waals surface area contributed by atoms with E-state index < -0.39 is 0 Å². The van der Waals surface area contributed by atoms with Crippen molar-refractivity contribution in [2.24, 2.45) is 0 Å². The summed E-state index contributed by atoms with van der Waals surface area (Å²) in [6, 6.07) is 6.80. The smallest absolute Gasteiger partial charge is 0.257 e. The Labute approximate surface area is 128 Å². The quantitative estimate of drug-likeness (QED) is 0.853. The van der Waals surface area contributed by atoms with Gasteiger partial charge in [-0.2, -0.15) is 4.98 Å². The molecule has 1 heterocycles. The Morgan fingerprint density at radius 2 is 2.14 bits per heavy atom. The third-order valence-electron chi connectivity index (χ3n) is 3.83. The van der Waals surface area contributed by atoms with E-state index in [9.17, 15) is 4.79 Å². The standard InChI is InChI=1S/C16H19N3O3/c1-2-13(9-20)17-15(21)11-5-7-12(8-6-11)16-18-14(19-22-16)10-3-4-10/h5-8,10,13,20H,2-4,9H2,1H3,(H,17,21). The Morgan fingerprint density at radius 3 is 2.73 bits per heavy atom. The summed E-state index contributed by atoms with van der Waals surface area (Å²) in [6.07, 6.45) is 2.94. The molecule has 1 aromatic heterocycles. The van der Waals surface area contributed by atoms with Crippen molar-refractivity contribution in [3.63, 3.8) is 0 Å². The lowest BCUT2D eigenvalue weighted by Gasteiger charge is -2.13. The summed E-state index contributed by atoms with van der Waals surface area (Å²) in [7, 11) is 0. The van der Waals surface area contributed by atoms with Crippen molar-refractivity contribution in [2.75, 3.05) is 6.61 Å². The van der Waals surface area contributed by atoms with Gasteiger partial charge in [0.2, 0.25) is 0 Å². The molecule has 2 N–H and O–H groups in total. The van der Waals surface area contributed by atoms with Crippen LogP contribution in [0.25, 0.3) is 11.5 Å². The second-order valence-electron chi connectivity index (χ2n) is 5.57. The van der Waals surface area contributed by atoms with E-state index in [0.29, 0.717) is 23.8 Å². The van der Waals surface area contributed by atoms with Crippen LogP contribution in [0.3, 0.4) is 0 Å². The molecule has 1 aliphatic carbocycles. The van der Waals surface area contributed by atoms with Gasteiger partial charge in [0.25, 0.3) is 11.8 Å². The monoisotopic (exact) mass is 301 g/mol. The molecule has 1 saturated carbocycles. The molecule has 1 aliphatic rings. The summed E-state index contributed by atoms with van der Waals surface area (Å²) in [5.74, 6) is 1.50. The van der Waals surface area contributed by atoms with Crippen LogP contribution in [0.5, 0.6) is 0 Å². The fourth-order valence-corrected chi connectivity index (χ4v) is 2.17. The van der Waals surface area contributed by atoms with E-state index >= 15 is 0 Å². The number of nitrogens with one attached hydrogen (secondary N) is 1. The van der Waals surface area contributed by atoms with E-state index in [4.69, 9.17) is 9.63 Å². The van der Waals surface area contributed by atoms with Gasteiger partial charge in [0.15, 0.2) is 5.82 Å². The third kappa shape index (κ3) is 3.17. The lowest BCUT2D eigenvalue weighted by molar-refractivity contribution is 0.0915. The van der Waals surface area contributed by atoms with Crippen LogP contribution in [0.1, 0.15) is 48.3 Å². The number of nitrogens with zero attached hydrogens (tertiary/aromatic N) is 2. The van der Waals surface area contributed by atoms with Gasteiger partial charge in [-0.25, -0.2) is 0 Å². The van der Waals surface area contributed by atoms with Crippen molar-refractivity contribution < 1.29 is 14.4 Å². The number of aliphatic hydroxyl groups excluding tert-OH is 1. The maximum atomic E-state index is 12.0.